The maximum atomic E-state index is 11.3. The second-order valence-electron chi connectivity index (χ2n) is 5.03. The highest BCUT2D eigenvalue weighted by molar-refractivity contribution is 5.80. The van der Waals surface area contributed by atoms with Crippen LogP contribution in [0, 0.1) is 5.41 Å². The van der Waals surface area contributed by atoms with Gasteiger partial charge in [-0.1, -0.05) is 25.9 Å². The van der Waals surface area contributed by atoms with Crippen molar-refractivity contribution >= 4 is 12.2 Å². The molecular formula is C13H17NO3. The number of phenolic OH excluding ortho intramolecular Hbond substituents is 1. The zero-order valence-corrected chi connectivity index (χ0v) is 10.3. The van der Waals surface area contributed by atoms with E-state index in [4.69, 9.17) is 9.94 Å². The van der Waals surface area contributed by atoms with E-state index in [1.807, 2.05) is 20.8 Å². The fourth-order valence-electron chi connectivity index (χ4n) is 1.17. The molecule has 0 unspecified atom stereocenters. The Kier molecular flexibility index (Phi) is 4.26. The van der Waals surface area contributed by atoms with Crippen molar-refractivity contribution in [3.63, 3.8) is 0 Å². The van der Waals surface area contributed by atoms with E-state index in [9.17, 15) is 4.79 Å². The lowest BCUT2D eigenvalue weighted by atomic mass is 9.93. The van der Waals surface area contributed by atoms with Crippen LogP contribution in [0.1, 0.15) is 32.8 Å². The van der Waals surface area contributed by atoms with Gasteiger partial charge in [0.1, 0.15) is 5.75 Å². The molecule has 17 heavy (non-hydrogen) atoms. The van der Waals surface area contributed by atoms with E-state index in [-0.39, 0.29) is 17.1 Å². The Morgan fingerprint density at radius 2 is 1.94 bits per heavy atom. The first kappa shape index (κ1) is 13.2. The molecular weight excluding hydrogens is 218 g/mol. The Balaban J connectivity index is 2.45. The number of carbonyl (C=O) groups is 1. The Morgan fingerprint density at radius 3 is 2.47 bits per heavy atom. The lowest BCUT2D eigenvalue weighted by molar-refractivity contribution is -0.145. The van der Waals surface area contributed by atoms with E-state index in [0.29, 0.717) is 6.42 Å². The molecule has 0 radical (unpaired) electrons. The molecule has 92 valence electrons. The van der Waals surface area contributed by atoms with Crippen LogP contribution in [0.25, 0.3) is 0 Å². The van der Waals surface area contributed by atoms with Crippen molar-refractivity contribution in [1.29, 1.82) is 0 Å². The van der Waals surface area contributed by atoms with Gasteiger partial charge in [0.15, 0.2) is 0 Å². The van der Waals surface area contributed by atoms with Gasteiger partial charge in [-0.25, -0.2) is 4.79 Å². The van der Waals surface area contributed by atoms with Crippen LogP contribution in [0.5, 0.6) is 5.75 Å². The van der Waals surface area contributed by atoms with E-state index in [0.717, 1.165) is 5.56 Å². The van der Waals surface area contributed by atoms with Crippen LogP contribution in [0.15, 0.2) is 29.4 Å². The van der Waals surface area contributed by atoms with Crippen LogP contribution < -0.4 is 0 Å². The molecule has 1 aromatic rings. The molecule has 1 rings (SSSR count). The number of hydrogen-bond donors (Lipinski definition) is 1. The van der Waals surface area contributed by atoms with Gasteiger partial charge in [-0.15, -0.1) is 0 Å². The second-order valence-corrected chi connectivity index (χ2v) is 5.03. The van der Waals surface area contributed by atoms with Crippen LogP contribution >= 0.6 is 0 Å². The highest BCUT2D eigenvalue weighted by Crippen LogP contribution is 2.18. The molecule has 0 spiro atoms. The molecule has 4 nitrogen and oxygen atoms in total. The Labute approximate surface area is 101 Å². The molecule has 0 atom stereocenters. The lowest BCUT2D eigenvalue weighted by Crippen LogP contribution is -2.13. The summed E-state index contributed by atoms with van der Waals surface area (Å²) in [6.45, 7) is 5.87. The quantitative estimate of drug-likeness (QED) is 0.498. The number of oxime groups is 1. The van der Waals surface area contributed by atoms with Gasteiger partial charge in [0, 0.05) is 0 Å². The van der Waals surface area contributed by atoms with Gasteiger partial charge in [0.2, 0.25) is 0 Å². The number of benzene rings is 1. The van der Waals surface area contributed by atoms with Gasteiger partial charge < -0.3 is 9.94 Å². The zero-order chi connectivity index (χ0) is 12.9. The summed E-state index contributed by atoms with van der Waals surface area (Å²) in [5, 5.41) is 12.7. The molecule has 4 heteroatoms. The molecule has 0 bridgehead atoms. The maximum absolute atomic E-state index is 11.3. The third-order valence-electron chi connectivity index (χ3n) is 1.92. The summed E-state index contributed by atoms with van der Waals surface area (Å²) in [7, 11) is 0. The van der Waals surface area contributed by atoms with Crippen LogP contribution in [-0.2, 0) is 9.63 Å². The summed E-state index contributed by atoms with van der Waals surface area (Å²) in [5.41, 5.74) is 0.650. The summed E-state index contributed by atoms with van der Waals surface area (Å²) in [6, 6.07) is 6.43. The molecule has 0 aliphatic heterocycles. The summed E-state index contributed by atoms with van der Waals surface area (Å²) in [4.78, 5) is 16.0. The van der Waals surface area contributed by atoms with Crippen molar-refractivity contribution in [3.05, 3.63) is 29.8 Å². The van der Waals surface area contributed by atoms with Crippen molar-refractivity contribution in [3.8, 4) is 5.75 Å². The minimum Gasteiger partial charge on any atom is -0.508 e. The molecule has 0 amide bonds. The molecule has 0 saturated carbocycles. The van der Waals surface area contributed by atoms with E-state index >= 15 is 0 Å². The minimum atomic E-state index is -0.354. The SMILES string of the molecule is CC(C)(C)CC(=O)ON=Cc1ccc(O)cc1. The molecule has 1 N–H and O–H groups in total. The fraction of sp³-hybridized carbons (Fsp3) is 0.385. The van der Waals surface area contributed by atoms with Gasteiger partial charge in [-0.05, 0) is 35.2 Å². The number of nitrogens with zero attached hydrogens (tertiary/aromatic N) is 1. The highest BCUT2D eigenvalue weighted by Gasteiger charge is 2.16. The van der Waals surface area contributed by atoms with Crippen LogP contribution in [-0.4, -0.2) is 17.3 Å². The average Bonchev–Trinajstić information content (AvgIpc) is 2.18. The third-order valence-corrected chi connectivity index (χ3v) is 1.92. The molecule has 0 aliphatic carbocycles. The van der Waals surface area contributed by atoms with Crippen molar-refractivity contribution in [1.82, 2.24) is 0 Å². The maximum Gasteiger partial charge on any atom is 0.335 e. The van der Waals surface area contributed by atoms with Crippen LogP contribution in [0.4, 0.5) is 0 Å². The monoisotopic (exact) mass is 235 g/mol. The smallest absolute Gasteiger partial charge is 0.335 e. The first-order valence-electron chi connectivity index (χ1n) is 5.39. The Hall–Kier alpha value is -1.84. The summed E-state index contributed by atoms with van der Waals surface area (Å²) in [6.07, 6.45) is 1.75. The number of hydrogen-bond acceptors (Lipinski definition) is 4. The number of rotatable bonds is 3. The van der Waals surface area contributed by atoms with Gasteiger partial charge in [-0.2, -0.15) is 0 Å². The molecule has 0 saturated heterocycles. The number of aromatic hydroxyl groups is 1. The normalized spacial score (nSPS) is 11.7. The highest BCUT2D eigenvalue weighted by atomic mass is 16.7. The van der Waals surface area contributed by atoms with E-state index in [1.54, 1.807) is 24.3 Å². The fourth-order valence-corrected chi connectivity index (χ4v) is 1.17. The predicted molar refractivity (Wildman–Crippen MR) is 65.9 cm³/mol. The number of phenols is 1. The first-order valence-corrected chi connectivity index (χ1v) is 5.39. The molecule has 0 fully saturated rings. The van der Waals surface area contributed by atoms with E-state index in [1.165, 1.54) is 6.21 Å². The van der Waals surface area contributed by atoms with Gasteiger partial charge in [0.05, 0.1) is 12.6 Å². The molecule has 0 aliphatic rings. The standard InChI is InChI=1S/C13H17NO3/c1-13(2,3)8-12(16)17-14-9-10-4-6-11(15)7-5-10/h4-7,9,15H,8H2,1-3H3. The van der Waals surface area contributed by atoms with Crippen LogP contribution in [0.2, 0.25) is 0 Å². The molecule has 0 aromatic heterocycles. The zero-order valence-electron chi connectivity index (χ0n) is 10.3. The topological polar surface area (TPSA) is 58.9 Å². The third kappa shape index (κ3) is 5.70. The Bertz CT molecular complexity index is 402. The van der Waals surface area contributed by atoms with E-state index in [2.05, 4.69) is 5.16 Å². The molecule has 0 heterocycles. The summed E-state index contributed by atoms with van der Waals surface area (Å²) >= 11 is 0. The van der Waals surface area contributed by atoms with Gasteiger partial charge in [-0.3, -0.25) is 0 Å². The summed E-state index contributed by atoms with van der Waals surface area (Å²) in [5.74, 6) is -0.167. The van der Waals surface area contributed by atoms with E-state index < -0.39 is 0 Å². The van der Waals surface area contributed by atoms with Crippen molar-refractivity contribution in [2.45, 2.75) is 27.2 Å². The largest absolute Gasteiger partial charge is 0.508 e. The first-order chi connectivity index (χ1) is 7.87. The van der Waals surface area contributed by atoms with Gasteiger partial charge >= 0.3 is 5.97 Å². The predicted octanol–water partition coefficient (Wildman–Crippen LogP) is 2.71. The van der Waals surface area contributed by atoms with Crippen LogP contribution in [0.3, 0.4) is 0 Å². The second kappa shape index (κ2) is 5.48. The molecule has 1 aromatic carbocycles. The Morgan fingerprint density at radius 1 is 1.35 bits per heavy atom. The number of carbonyl (C=O) groups excluding carboxylic acids is 1. The average molecular weight is 235 g/mol. The van der Waals surface area contributed by atoms with Gasteiger partial charge in [0.25, 0.3) is 0 Å². The van der Waals surface area contributed by atoms with Crippen molar-refractivity contribution < 1.29 is 14.7 Å². The van der Waals surface area contributed by atoms with Crippen molar-refractivity contribution in [2.75, 3.05) is 0 Å². The minimum absolute atomic E-state index is 0.106. The van der Waals surface area contributed by atoms with Crippen molar-refractivity contribution in [2.24, 2.45) is 10.6 Å². The summed E-state index contributed by atoms with van der Waals surface area (Å²) < 4.78 is 0. The lowest BCUT2D eigenvalue weighted by Gasteiger charge is -2.14.